The van der Waals surface area contributed by atoms with Crippen molar-refractivity contribution in [1.29, 1.82) is 0 Å². The van der Waals surface area contributed by atoms with Crippen molar-refractivity contribution in [2.45, 2.75) is 19.8 Å². The van der Waals surface area contributed by atoms with Gasteiger partial charge in [-0.3, -0.25) is 0 Å². The molecule has 0 aliphatic carbocycles. The van der Waals surface area contributed by atoms with Crippen molar-refractivity contribution in [2.24, 2.45) is 0 Å². The molecule has 0 atom stereocenters. The third kappa shape index (κ3) is 1.30. The van der Waals surface area contributed by atoms with Gasteiger partial charge in [0.2, 0.25) is 0 Å². The van der Waals surface area contributed by atoms with Crippen molar-refractivity contribution in [3.63, 3.8) is 0 Å². The van der Waals surface area contributed by atoms with E-state index in [0.717, 1.165) is 12.1 Å². The number of nitrogens with zero attached hydrogens (tertiary/aromatic N) is 1. The van der Waals surface area contributed by atoms with Crippen LogP contribution in [0.2, 0.25) is 0 Å². The van der Waals surface area contributed by atoms with E-state index in [1.165, 1.54) is 6.42 Å². The summed E-state index contributed by atoms with van der Waals surface area (Å²) in [7, 11) is 0. The second-order valence-electron chi connectivity index (χ2n) is 1.65. The van der Waals surface area contributed by atoms with Gasteiger partial charge >= 0.3 is 0 Å². The Bertz CT molecular complexity index is 134. The van der Waals surface area contributed by atoms with Crippen molar-refractivity contribution in [3.8, 4) is 0 Å². The zero-order valence-corrected chi connectivity index (χ0v) is 5.66. The van der Waals surface area contributed by atoms with E-state index < -0.39 is 0 Å². The molecule has 1 aromatic rings. The van der Waals surface area contributed by atoms with Gasteiger partial charge in [0.15, 0.2) is 0 Å². The molecular weight excluding hydrogens is 118 g/mol. The summed E-state index contributed by atoms with van der Waals surface area (Å²) in [5.41, 5.74) is 2.93. The van der Waals surface area contributed by atoms with Crippen LogP contribution < -0.4 is 0 Å². The van der Waals surface area contributed by atoms with Gasteiger partial charge < -0.3 is 0 Å². The number of rotatable bonds is 2. The minimum atomic E-state index is 1.07. The lowest BCUT2D eigenvalue weighted by atomic mass is 10.3. The Morgan fingerprint density at radius 1 is 1.88 bits per heavy atom. The fraction of sp³-hybridized carbons (Fsp3) is 0.500. The number of thiazole rings is 1. The molecule has 0 fully saturated rings. The zero-order valence-electron chi connectivity index (χ0n) is 4.85. The molecule has 8 heavy (non-hydrogen) atoms. The largest absolute Gasteiger partial charge is 0.249 e. The Hall–Kier alpha value is -0.370. The Morgan fingerprint density at radius 3 is 3.25 bits per heavy atom. The third-order valence-electron chi connectivity index (χ3n) is 0.925. The normalized spacial score (nSPS) is 9.62. The topological polar surface area (TPSA) is 12.9 Å². The molecule has 0 spiro atoms. The molecule has 0 saturated carbocycles. The maximum absolute atomic E-state index is 4.07. The Labute approximate surface area is 53.4 Å². The molecular formula is C6H8NS. The fourth-order valence-electron chi connectivity index (χ4n) is 0.563. The highest BCUT2D eigenvalue weighted by Gasteiger charge is 1.89. The van der Waals surface area contributed by atoms with Gasteiger partial charge in [0.25, 0.3) is 0 Å². The molecule has 0 aromatic carbocycles. The molecule has 0 aliphatic heterocycles. The van der Waals surface area contributed by atoms with Crippen molar-refractivity contribution < 1.29 is 0 Å². The number of hydrogen-bond donors (Lipinski definition) is 0. The monoisotopic (exact) mass is 126 g/mol. The van der Waals surface area contributed by atoms with Crippen LogP contribution in [0.3, 0.4) is 0 Å². The van der Waals surface area contributed by atoms with E-state index in [-0.39, 0.29) is 0 Å². The minimum absolute atomic E-state index is 1.07. The van der Waals surface area contributed by atoms with Crippen molar-refractivity contribution in [2.75, 3.05) is 0 Å². The summed E-state index contributed by atoms with van der Waals surface area (Å²) >= 11 is 1.54. The van der Waals surface area contributed by atoms with E-state index in [9.17, 15) is 0 Å². The van der Waals surface area contributed by atoms with Crippen LogP contribution in [-0.4, -0.2) is 4.98 Å². The summed E-state index contributed by atoms with van der Waals surface area (Å²) in [5, 5.41) is 3.07. The lowest BCUT2D eigenvalue weighted by Crippen LogP contribution is -1.79. The first-order valence-electron chi connectivity index (χ1n) is 2.73. The zero-order chi connectivity index (χ0) is 5.82. The molecule has 1 radical (unpaired) electrons. The standard InChI is InChI=1S/C6H8NS/c1-2-3-6-4-8-5-7-6/h5H,2-3H2,1H3. The van der Waals surface area contributed by atoms with Crippen LogP contribution in [0.1, 0.15) is 19.0 Å². The smallest absolute Gasteiger partial charge is 0.0801 e. The summed E-state index contributed by atoms with van der Waals surface area (Å²) in [6.45, 7) is 2.15. The van der Waals surface area contributed by atoms with E-state index in [1.54, 1.807) is 11.3 Å². The third-order valence-corrected chi connectivity index (χ3v) is 1.49. The first kappa shape index (κ1) is 5.76. The van der Waals surface area contributed by atoms with Gasteiger partial charge in [0.1, 0.15) is 0 Å². The summed E-state index contributed by atoms with van der Waals surface area (Å²) in [6.07, 6.45) is 2.24. The number of aryl methyl sites for hydroxylation is 1. The molecule has 0 aliphatic rings. The highest BCUT2D eigenvalue weighted by Crippen LogP contribution is 2.01. The summed E-state index contributed by atoms with van der Waals surface area (Å²) in [5.74, 6) is 0. The van der Waals surface area contributed by atoms with E-state index >= 15 is 0 Å². The second-order valence-corrected chi connectivity index (χ2v) is 2.30. The Kier molecular flexibility index (Phi) is 2.03. The Morgan fingerprint density at radius 2 is 2.75 bits per heavy atom. The molecule has 1 nitrogen and oxygen atoms in total. The van der Waals surface area contributed by atoms with E-state index in [4.69, 9.17) is 0 Å². The second kappa shape index (κ2) is 2.82. The average molecular weight is 126 g/mol. The van der Waals surface area contributed by atoms with Crippen LogP contribution in [0.5, 0.6) is 0 Å². The maximum atomic E-state index is 4.07. The van der Waals surface area contributed by atoms with Crippen LogP contribution >= 0.6 is 11.3 Å². The summed E-state index contributed by atoms with van der Waals surface area (Å²) in [6, 6.07) is 0. The van der Waals surface area contributed by atoms with Gasteiger partial charge in [0, 0.05) is 0 Å². The van der Waals surface area contributed by atoms with Gasteiger partial charge in [-0.15, -0.1) is 11.3 Å². The fourth-order valence-corrected chi connectivity index (χ4v) is 1.09. The summed E-state index contributed by atoms with van der Waals surface area (Å²) < 4.78 is 0. The molecule has 0 amide bonds. The van der Waals surface area contributed by atoms with Gasteiger partial charge in [-0.2, -0.15) is 0 Å². The highest BCUT2D eigenvalue weighted by molar-refractivity contribution is 7.07. The molecule has 0 bridgehead atoms. The van der Waals surface area contributed by atoms with Gasteiger partial charge in [0.05, 0.1) is 16.6 Å². The van der Waals surface area contributed by atoms with Crippen molar-refractivity contribution in [1.82, 2.24) is 4.98 Å². The first-order valence-corrected chi connectivity index (χ1v) is 3.61. The van der Waals surface area contributed by atoms with Gasteiger partial charge in [-0.25, -0.2) is 4.98 Å². The molecule has 43 valence electrons. The first-order chi connectivity index (χ1) is 3.93. The van der Waals surface area contributed by atoms with E-state index in [0.29, 0.717) is 0 Å². The molecule has 0 N–H and O–H groups in total. The maximum Gasteiger partial charge on any atom is 0.0801 e. The van der Waals surface area contributed by atoms with Crippen molar-refractivity contribution >= 4 is 11.3 Å². The SMILES string of the molecule is CCCc1[c]scn1. The van der Waals surface area contributed by atoms with E-state index in [1.807, 2.05) is 5.51 Å². The quantitative estimate of drug-likeness (QED) is 0.589. The molecule has 2 heteroatoms. The van der Waals surface area contributed by atoms with Crippen LogP contribution in [0, 0.1) is 5.38 Å². The van der Waals surface area contributed by atoms with Crippen LogP contribution in [0.4, 0.5) is 0 Å². The number of hydrogen-bond acceptors (Lipinski definition) is 2. The predicted octanol–water partition coefficient (Wildman–Crippen LogP) is 1.90. The summed E-state index contributed by atoms with van der Waals surface area (Å²) in [4.78, 5) is 4.07. The van der Waals surface area contributed by atoms with Crippen LogP contribution in [-0.2, 0) is 6.42 Å². The predicted molar refractivity (Wildman–Crippen MR) is 34.9 cm³/mol. The highest BCUT2D eigenvalue weighted by atomic mass is 32.1. The average Bonchev–Trinajstić information content (AvgIpc) is 2.19. The lowest BCUT2D eigenvalue weighted by molar-refractivity contribution is 0.891. The molecule has 1 rings (SSSR count). The number of aromatic nitrogens is 1. The molecule has 1 aromatic heterocycles. The minimum Gasteiger partial charge on any atom is -0.249 e. The van der Waals surface area contributed by atoms with Crippen LogP contribution in [0.15, 0.2) is 5.51 Å². The molecule has 0 unspecified atom stereocenters. The lowest BCUT2D eigenvalue weighted by Gasteiger charge is -1.84. The van der Waals surface area contributed by atoms with Crippen LogP contribution in [0.25, 0.3) is 0 Å². The van der Waals surface area contributed by atoms with Gasteiger partial charge in [-0.05, 0) is 6.42 Å². The van der Waals surface area contributed by atoms with E-state index in [2.05, 4.69) is 17.3 Å². The Balaban J connectivity index is 2.50. The molecule has 1 heterocycles. The van der Waals surface area contributed by atoms with Gasteiger partial charge in [-0.1, -0.05) is 13.3 Å². The van der Waals surface area contributed by atoms with Crippen molar-refractivity contribution in [3.05, 3.63) is 16.6 Å². The molecule has 0 saturated heterocycles.